The minimum Gasteiger partial charge on any atom is -0.391 e. The van der Waals surface area contributed by atoms with Gasteiger partial charge in [-0.05, 0) is 25.5 Å². The zero-order valence-electron chi connectivity index (χ0n) is 12.1. The Balaban J connectivity index is 2.32. The molecule has 0 atom stereocenters. The Morgan fingerprint density at radius 1 is 1.24 bits per heavy atom. The van der Waals surface area contributed by atoms with Crippen LogP contribution in [-0.2, 0) is 23.2 Å². The predicted octanol–water partition coefficient (Wildman–Crippen LogP) is 2.84. The van der Waals surface area contributed by atoms with E-state index in [-0.39, 0.29) is 17.5 Å². The first-order valence-electron chi connectivity index (χ1n) is 6.69. The maximum absolute atomic E-state index is 12.8. The van der Waals surface area contributed by atoms with E-state index in [2.05, 4.69) is 0 Å². The van der Waals surface area contributed by atoms with E-state index in [0.717, 1.165) is 5.56 Å². The maximum atomic E-state index is 12.8. The molecule has 21 heavy (non-hydrogen) atoms. The number of nitrogens with zero attached hydrogens (tertiary/aromatic N) is 1. The topological polar surface area (TPSA) is 57.6 Å². The molecule has 0 saturated heterocycles. The van der Waals surface area contributed by atoms with E-state index in [4.69, 9.17) is 5.11 Å². The van der Waals surface area contributed by atoms with E-state index in [9.17, 15) is 8.42 Å². The second kappa shape index (κ2) is 6.70. The molecule has 2 rings (SSSR count). The molecule has 1 aromatic heterocycles. The predicted molar refractivity (Wildman–Crippen MR) is 84.5 cm³/mol. The van der Waals surface area contributed by atoms with Crippen LogP contribution in [0.2, 0.25) is 0 Å². The molecule has 0 radical (unpaired) electrons. The lowest BCUT2D eigenvalue weighted by molar-refractivity contribution is 0.285. The minimum absolute atomic E-state index is 0.138. The van der Waals surface area contributed by atoms with E-state index >= 15 is 0 Å². The highest BCUT2D eigenvalue weighted by molar-refractivity contribution is 7.89. The molecule has 0 unspecified atom stereocenters. The Bertz CT molecular complexity index is 678. The van der Waals surface area contributed by atoms with E-state index in [1.165, 1.54) is 15.6 Å². The van der Waals surface area contributed by atoms with Gasteiger partial charge in [-0.15, -0.1) is 11.3 Å². The van der Waals surface area contributed by atoms with Gasteiger partial charge in [0.1, 0.15) is 0 Å². The minimum atomic E-state index is -3.56. The maximum Gasteiger partial charge on any atom is 0.244 e. The summed E-state index contributed by atoms with van der Waals surface area (Å²) < 4.78 is 27.0. The van der Waals surface area contributed by atoms with Gasteiger partial charge in [0.15, 0.2) is 0 Å². The molecule has 0 bridgehead atoms. The summed E-state index contributed by atoms with van der Waals surface area (Å²) in [5.74, 6) is 0. The molecule has 0 saturated carbocycles. The molecule has 114 valence electrons. The van der Waals surface area contributed by atoms with Crippen LogP contribution in [0.3, 0.4) is 0 Å². The number of aliphatic hydroxyl groups is 1. The summed E-state index contributed by atoms with van der Waals surface area (Å²) in [4.78, 5) is 0.901. The first-order chi connectivity index (χ1) is 9.95. The Labute approximate surface area is 129 Å². The first-order valence-corrected chi connectivity index (χ1v) is 9.01. The van der Waals surface area contributed by atoms with Gasteiger partial charge in [-0.1, -0.05) is 30.3 Å². The van der Waals surface area contributed by atoms with Crippen molar-refractivity contribution in [1.82, 2.24) is 4.31 Å². The van der Waals surface area contributed by atoms with Gasteiger partial charge in [-0.2, -0.15) is 4.31 Å². The van der Waals surface area contributed by atoms with Crippen molar-refractivity contribution in [2.45, 2.75) is 37.9 Å². The van der Waals surface area contributed by atoms with Gasteiger partial charge in [0, 0.05) is 22.8 Å². The van der Waals surface area contributed by atoms with Gasteiger partial charge in [0.25, 0.3) is 0 Å². The summed E-state index contributed by atoms with van der Waals surface area (Å²) in [5, 5.41) is 10.7. The third-order valence-corrected chi connectivity index (χ3v) is 6.22. The highest BCUT2D eigenvalue weighted by Gasteiger charge is 2.28. The molecule has 1 N–H and O–H groups in total. The number of hydrogen-bond acceptors (Lipinski definition) is 4. The summed E-state index contributed by atoms with van der Waals surface area (Å²) >= 11 is 1.26. The van der Waals surface area contributed by atoms with Crippen molar-refractivity contribution >= 4 is 21.4 Å². The molecule has 6 heteroatoms. The quantitative estimate of drug-likeness (QED) is 0.888. The molecule has 2 aromatic rings. The van der Waals surface area contributed by atoms with Crippen LogP contribution in [0.25, 0.3) is 0 Å². The van der Waals surface area contributed by atoms with Crippen LogP contribution in [0, 0.1) is 0 Å². The van der Waals surface area contributed by atoms with E-state index in [1.807, 2.05) is 44.2 Å². The molecule has 4 nitrogen and oxygen atoms in total. The van der Waals surface area contributed by atoms with Crippen LogP contribution < -0.4 is 0 Å². The van der Waals surface area contributed by atoms with Crippen molar-refractivity contribution in [2.75, 3.05) is 0 Å². The average molecular weight is 325 g/mol. The standard InChI is InChI=1S/C15H19NO3S2/c1-12(2)16(9-13-6-4-3-5-7-13)21(18,19)15-8-14(10-17)20-11-15/h3-8,11-12,17H,9-10H2,1-2H3. The molecule has 0 spiro atoms. The van der Waals surface area contributed by atoms with Crippen molar-refractivity contribution in [3.05, 3.63) is 52.2 Å². The summed E-state index contributed by atoms with van der Waals surface area (Å²) in [7, 11) is -3.56. The van der Waals surface area contributed by atoms with Crippen LogP contribution >= 0.6 is 11.3 Å². The molecule has 0 fully saturated rings. The first kappa shape index (κ1) is 16.2. The van der Waals surface area contributed by atoms with Crippen LogP contribution in [0.5, 0.6) is 0 Å². The third-order valence-electron chi connectivity index (χ3n) is 3.15. The molecule has 0 aliphatic rings. The highest BCUT2D eigenvalue weighted by Crippen LogP contribution is 2.25. The Hall–Kier alpha value is -1.21. The van der Waals surface area contributed by atoms with Crippen LogP contribution in [0.15, 0.2) is 46.7 Å². The SMILES string of the molecule is CC(C)N(Cc1ccccc1)S(=O)(=O)c1csc(CO)c1. The zero-order valence-corrected chi connectivity index (χ0v) is 13.7. The van der Waals surface area contributed by atoms with E-state index in [1.54, 1.807) is 11.4 Å². The molecule has 1 heterocycles. The molecule has 0 aliphatic carbocycles. The fraction of sp³-hybridized carbons (Fsp3) is 0.333. The fourth-order valence-corrected chi connectivity index (χ4v) is 4.77. The van der Waals surface area contributed by atoms with Gasteiger partial charge in [-0.25, -0.2) is 8.42 Å². The Kier molecular flexibility index (Phi) is 5.16. The largest absolute Gasteiger partial charge is 0.391 e. The van der Waals surface area contributed by atoms with Gasteiger partial charge >= 0.3 is 0 Å². The molecular formula is C15H19NO3S2. The Morgan fingerprint density at radius 3 is 2.43 bits per heavy atom. The number of rotatable bonds is 6. The smallest absolute Gasteiger partial charge is 0.244 e. The molecular weight excluding hydrogens is 306 g/mol. The van der Waals surface area contributed by atoms with Gasteiger partial charge in [-0.3, -0.25) is 0 Å². The third kappa shape index (κ3) is 3.71. The zero-order chi connectivity index (χ0) is 15.5. The van der Waals surface area contributed by atoms with Crippen LogP contribution in [-0.4, -0.2) is 23.9 Å². The fourth-order valence-electron chi connectivity index (χ4n) is 2.02. The lowest BCUT2D eigenvalue weighted by atomic mass is 10.2. The second-order valence-corrected chi connectivity index (χ2v) is 7.92. The lowest BCUT2D eigenvalue weighted by Gasteiger charge is -2.25. The molecule has 0 aliphatic heterocycles. The normalized spacial score (nSPS) is 12.2. The van der Waals surface area contributed by atoms with Crippen molar-refractivity contribution in [3.8, 4) is 0 Å². The number of thiophene rings is 1. The number of benzene rings is 1. The van der Waals surface area contributed by atoms with Crippen molar-refractivity contribution < 1.29 is 13.5 Å². The molecule has 1 aromatic carbocycles. The number of sulfonamides is 1. The Morgan fingerprint density at radius 2 is 1.90 bits per heavy atom. The van der Waals surface area contributed by atoms with Gasteiger partial charge in [0.2, 0.25) is 10.0 Å². The number of hydrogen-bond donors (Lipinski definition) is 1. The van der Waals surface area contributed by atoms with E-state index < -0.39 is 10.0 Å². The summed E-state index contributed by atoms with van der Waals surface area (Å²) in [5.41, 5.74) is 0.951. The van der Waals surface area contributed by atoms with E-state index in [0.29, 0.717) is 11.4 Å². The van der Waals surface area contributed by atoms with Crippen molar-refractivity contribution in [3.63, 3.8) is 0 Å². The van der Waals surface area contributed by atoms with Gasteiger partial charge < -0.3 is 5.11 Å². The summed E-state index contributed by atoms with van der Waals surface area (Å²) in [6, 6.07) is 10.9. The average Bonchev–Trinajstić information content (AvgIpc) is 2.95. The number of aliphatic hydroxyl groups excluding tert-OH is 1. The molecule has 0 amide bonds. The summed E-state index contributed by atoms with van der Waals surface area (Å²) in [6.07, 6.45) is 0. The lowest BCUT2D eigenvalue weighted by Crippen LogP contribution is -2.36. The van der Waals surface area contributed by atoms with Gasteiger partial charge in [0.05, 0.1) is 11.5 Å². The van der Waals surface area contributed by atoms with Crippen molar-refractivity contribution in [2.24, 2.45) is 0 Å². The highest BCUT2D eigenvalue weighted by atomic mass is 32.2. The van der Waals surface area contributed by atoms with Crippen LogP contribution in [0.1, 0.15) is 24.3 Å². The summed E-state index contributed by atoms with van der Waals surface area (Å²) in [6.45, 7) is 3.92. The second-order valence-electron chi connectivity index (χ2n) is 5.04. The monoisotopic (exact) mass is 325 g/mol. The van der Waals surface area contributed by atoms with Crippen molar-refractivity contribution in [1.29, 1.82) is 0 Å². The van der Waals surface area contributed by atoms with Crippen LogP contribution in [0.4, 0.5) is 0 Å².